The van der Waals surface area contributed by atoms with Gasteiger partial charge in [0.15, 0.2) is 5.13 Å². The fourth-order valence-electron chi connectivity index (χ4n) is 2.82. The molecule has 0 spiro atoms. The smallest absolute Gasteiger partial charge is 0.261 e. The first-order chi connectivity index (χ1) is 15.9. The van der Waals surface area contributed by atoms with E-state index in [9.17, 15) is 14.4 Å². The summed E-state index contributed by atoms with van der Waals surface area (Å²) in [7, 11) is 0. The Morgan fingerprint density at radius 3 is 2.39 bits per heavy atom. The van der Waals surface area contributed by atoms with Gasteiger partial charge in [-0.25, -0.2) is 4.98 Å². The molecule has 0 aliphatic carbocycles. The van der Waals surface area contributed by atoms with E-state index in [1.165, 1.54) is 30.0 Å². The van der Waals surface area contributed by atoms with Crippen molar-refractivity contribution in [2.75, 3.05) is 28.3 Å². The lowest BCUT2D eigenvalue weighted by Crippen LogP contribution is -2.14. The first kappa shape index (κ1) is 24.3. The molecule has 3 N–H and O–H groups in total. The normalized spacial score (nSPS) is 10.4. The molecule has 1 heterocycles. The molecule has 1 aromatic heterocycles. The highest BCUT2D eigenvalue weighted by atomic mass is 32.2. The molecule has 0 saturated heterocycles. The summed E-state index contributed by atoms with van der Waals surface area (Å²) in [5.74, 6) is 0.759. The number of benzene rings is 2. The van der Waals surface area contributed by atoms with Crippen LogP contribution in [0.2, 0.25) is 0 Å². The second-order valence-electron chi connectivity index (χ2n) is 6.83. The topological polar surface area (TPSA) is 109 Å². The van der Waals surface area contributed by atoms with Crippen molar-refractivity contribution >= 4 is 57.3 Å². The summed E-state index contributed by atoms with van der Waals surface area (Å²) in [5, 5.41) is 10.6. The van der Waals surface area contributed by atoms with E-state index in [2.05, 4.69) is 20.9 Å². The predicted molar refractivity (Wildman–Crippen MR) is 133 cm³/mol. The largest absolute Gasteiger partial charge is 0.493 e. The Morgan fingerprint density at radius 2 is 1.70 bits per heavy atom. The number of amides is 3. The van der Waals surface area contributed by atoms with Crippen molar-refractivity contribution in [1.29, 1.82) is 0 Å². The van der Waals surface area contributed by atoms with Gasteiger partial charge in [0.1, 0.15) is 5.75 Å². The molecule has 0 aliphatic heterocycles. The minimum absolute atomic E-state index is 0.136. The van der Waals surface area contributed by atoms with Crippen LogP contribution < -0.4 is 20.7 Å². The molecular formula is C23H24N4O4S2. The molecule has 0 fully saturated rings. The van der Waals surface area contributed by atoms with Gasteiger partial charge in [-0.15, -0.1) is 23.1 Å². The van der Waals surface area contributed by atoms with E-state index >= 15 is 0 Å². The minimum Gasteiger partial charge on any atom is -0.493 e. The number of hydrogen-bond acceptors (Lipinski definition) is 7. The van der Waals surface area contributed by atoms with Gasteiger partial charge in [0, 0.05) is 29.4 Å². The molecule has 0 aliphatic rings. The maximum absolute atomic E-state index is 12.6. The Hall–Kier alpha value is -3.37. The number of anilines is 3. The molecule has 3 amide bonds. The molecule has 3 aromatic rings. The molecule has 0 atom stereocenters. The van der Waals surface area contributed by atoms with Gasteiger partial charge < -0.3 is 15.4 Å². The van der Waals surface area contributed by atoms with E-state index in [1.54, 1.807) is 42.5 Å². The van der Waals surface area contributed by atoms with Crippen LogP contribution in [0, 0.1) is 0 Å². The Kier molecular flexibility index (Phi) is 8.85. The second kappa shape index (κ2) is 12.0. The lowest BCUT2D eigenvalue weighted by Gasteiger charge is -2.08. The Balaban J connectivity index is 1.45. The van der Waals surface area contributed by atoms with E-state index in [-0.39, 0.29) is 23.5 Å². The van der Waals surface area contributed by atoms with Crippen molar-refractivity contribution in [2.45, 2.75) is 19.6 Å². The van der Waals surface area contributed by atoms with E-state index in [4.69, 9.17) is 4.74 Å². The van der Waals surface area contributed by atoms with Gasteiger partial charge in [-0.1, -0.05) is 12.1 Å². The van der Waals surface area contributed by atoms with Crippen molar-refractivity contribution in [3.8, 4) is 5.75 Å². The zero-order chi connectivity index (χ0) is 23.6. The second-order valence-corrected chi connectivity index (χ2v) is 8.67. The first-order valence-electron chi connectivity index (χ1n) is 10.2. The third-order valence-electron chi connectivity index (χ3n) is 4.18. The molecule has 0 saturated carbocycles. The molecule has 3 rings (SSSR count). The van der Waals surface area contributed by atoms with Crippen molar-refractivity contribution in [1.82, 2.24) is 4.98 Å². The third-order valence-corrected chi connectivity index (χ3v) is 5.95. The highest BCUT2D eigenvalue weighted by Crippen LogP contribution is 2.23. The number of nitrogens with zero attached hydrogens (tertiary/aromatic N) is 1. The Labute approximate surface area is 200 Å². The van der Waals surface area contributed by atoms with Gasteiger partial charge in [0.25, 0.3) is 5.91 Å². The minimum atomic E-state index is -0.281. The fraction of sp³-hybridized carbons (Fsp3) is 0.217. The number of carbonyl (C=O) groups excluding carboxylic acids is 3. The van der Waals surface area contributed by atoms with Crippen molar-refractivity contribution in [3.05, 3.63) is 65.2 Å². The van der Waals surface area contributed by atoms with E-state index < -0.39 is 0 Å². The third kappa shape index (κ3) is 7.62. The number of thiazole rings is 1. The van der Waals surface area contributed by atoms with Crippen LogP contribution in [0.25, 0.3) is 0 Å². The maximum atomic E-state index is 12.6. The number of para-hydroxylation sites is 1. The summed E-state index contributed by atoms with van der Waals surface area (Å²) in [6.07, 6.45) is 0. The number of nitrogens with one attached hydrogen (secondary N) is 3. The average Bonchev–Trinajstić information content (AvgIpc) is 3.22. The number of ether oxygens (including phenoxy) is 1. The van der Waals surface area contributed by atoms with Crippen LogP contribution in [-0.2, 0) is 15.3 Å². The monoisotopic (exact) mass is 484 g/mol. The van der Waals surface area contributed by atoms with Gasteiger partial charge in [-0.3, -0.25) is 19.7 Å². The molecule has 10 heteroatoms. The van der Waals surface area contributed by atoms with Gasteiger partial charge >= 0.3 is 0 Å². The summed E-state index contributed by atoms with van der Waals surface area (Å²) >= 11 is 2.76. The van der Waals surface area contributed by atoms with Crippen LogP contribution in [0.1, 0.15) is 29.9 Å². The van der Waals surface area contributed by atoms with Crippen molar-refractivity contribution < 1.29 is 19.1 Å². The first-order valence-corrected chi connectivity index (χ1v) is 12.2. The lowest BCUT2D eigenvalue weighted by atomic mass is 10.2. The molecule has 8 nitrogen and oxygen atoms in total. The zero-order valence-corrected chi connectivity index (χ0v) is 19.8. The molecule has 0 radical (unpaired) electrons. The highest BCUT2D eigenvalue weighted by Gasteiger charge is 2.14. The van der Waals surface area contributed by atoms with E-state index in [0.29, 0.717) is 40.2 Å². The number of hydrogen-bond donors (Lipinski definition) is 3. The van der Waals surface area contributed by atoms with Gasteiger partial charge in [-0.05, 0) is 43.3 Å². The highest BCUT2D eigenvalue weighted by molar-refractivity contribution is 7.99. The van der Waals surface area contributed by atoms with E-state index in [0.717, 1.165) is 5.69 Å². The predicted octanol–water partition coefficient (Wildman–Crippen LogP) is 4.62. The molecule has 33 heavy (non-hydrogen) atoms. The van der Waals surface area contributed by atoms with Crippen LogP contribution in [0.5, 0.6) is 5.75 Å². The zero-order valence-electron chi connectivity index (χ0n) is 18.2. The molecule has 0 bridgehead atoms. The van der Waals surface area contributed by atoms with Crippen LogP contribution in [0.4, 0.5) is 16.5 Å². The number of thioether (sulfide) groups is 1. The fourth-order valence-corrected chi connectivity index (χ4v) is 4.34. The van der Waals surface area contributed by atoms with Gasteiger partial charge in [0.05, 0.1) is 23.6 Å². The molecular weight excluding hydrogens is 460 g/mol. The maximum Gasteiger partial charge on any atom is 0.261 e. The summed E-state index contributed by atoms with van der Waals surface area (Å²) in [6.45, 7) is 3.77. The standard InChI is InChI=1S/C23H24N4O4S2/c1-3-31-20-7-5-4-6-19(20)22(30)27-23-26-18(13-33-23)12-32-14-21(29)25-17-10-8-16(9-11-17)24-15(2)28/h4-11,13H,3,12,14H2,1-2H3,(H,24,28)(H,25,29)(H,26,27,30). The van der Waals surface area contributed by atoms with Crippen LogP contribution in [0.15, 0.2) is 53.9 Å². The van der Waals surface area contributed by atoms with Crippen LogP contribution in [-0.4, -0.2) is 35.1 Å². The molecule has 0 unspecified atom stereocenters. The quantitative estimate of drug-likeness (QED) is 0.387. The molecule has 2 aromatic carbocycles. The summed E-state index contributed by atoms with van der Waals surface area (Å²) in [6, 6.07) is 14.0. The number of aromatic nitrogens is 1. The summed E-state index contributed by atoms with van der Waals surface area (Å²) < 4.78 is 5.50. The van der Waals surface area contributed by atoms with Crippen LogP contribution >= 0.6 is 23.1 Å². The summed E-state index contributed by atoms with van der Waals surface area (Å²) in [5.41, 5.74) is 2.56. The summed E-state index contributed by atoms with van der Waals surface area (Å²) in [4.78, 5) is 40.2. The van der Waals surface area contributed by atoms with Gasteiger partial charge in [0.2, 0.25) is 11.8 Å². The Morgan fingerprint density at radius 1 is 1.00 bits per heavy atom. The lowest BCUT2D eigenvalue weighted by molar-refractivity contribution is -0.114. The van der Waals surface area contributed by atoms with E-state index in [1.807, 2.05) is 18.4 Å². The average molecular weight is 485 g/mol. The van der Waals surface area contributed by atoms with Crippen LogP contribution in [0.3, 0.4) is 0 Å². The number of rotatable bonds is 10. The van der Waals surface area contributed by atoms with Crippen molar-refractivity contribution in [2.24, 2.45) is 0 Å². The van der Waals surface area contributed by atoms with Gasteiger partial charge in [-0.2, -0.15) is 0 Å². The Bertz CT molecular complexity index is 1120. The SMILES string of the molecule is CCOc1ccccc1C(=O)Nc1nc(CSCC(=O)Nc2ccc(NC(C)=O)cc2)cs1. The molecule has 172 valence electrons. The number of carbonyl (C=O) groups is 3. The van der Waals surface area contributed by atoms with Crippen molar-refractivity contribution in [3.63, 3.8) is 0 Å².